The number of rotatable bonds is 2. The lowest BCUT2D eigenvalue weighted by Crippen LogP contribution is -2.32. The minimum absolute atomic E-state index is 0.0236. The summed E-state index contributed by atoms with van der Waals surface area (Å²) in [5.74, 6) is 0.674. The van der Waals surface area contributed by atoms with Gasteiger partial charge in [-0.2, -0.15) is 10.5 Å². The predicted octanol–water partition coefficient (Wildman–Crippen LogP) is 0.773. The molecule has 1 aliphatic heterocycles. The highest BCUT2D eigenvalue weighted by atomic mass is 16.5. The number of aromatic nitrogens is 1. The Morgan fingerprint density at radius 3 is 2.73 bits per heavy atom. The van der Waals surface area contributed by atoms with Gasteiger partial charge < -0.3 is 26.6 Å². The van der Waals surface area contributed by atoms with Crippen molar-refractivity contribution in [1.82, 2.24) is 10.3 Å². The van der Waals surface area contributed by atoms with Crippen molar-refractivity contribution in [2.75, 3.05) is 23.9 Å². The fourth-order valence-corrected chi connectivity index (χ4v) is 2.69. The molecule has 0 fully saturated rings. The SMILES string of the molecule is COc1ccc(C2N=C(NC#N)Nc3nc(N)c(C#N)c(N)c32)c(O)c1. The zero-order chi connectivity index (χ0) is 18.8. The zero-order valence-corrected chi connectivity index (χ0v) is 13.6. The Bertz CT molecular complexity index is 1000. The Balaban J connectivity index is 2.25. The number of nitrogens with zero attached hydrogens (tertiary/aromatic N) is 4. The Kier molecular flexibility index (Phi) is 4.09. The molecule has 2 heterocycles. The van der Waals surface area contributed by atoms with Crippen molar-refractivity contribution in [2.24, 2.45) is 4.99 Å². The Morgan fingerprint density at radius 2 is 2.12 bits per heavy atom. The topological polar surface area (TPSA) is 178 Å². The molecule has 0 aliphatic carbocycles. The van der Waals surface area contributed by atoms with Crippen LogP contribution >= 0.6 is 0 Å². The van der Waals surface area contributed by atoms with Crippen LogP contribution in [0.25, 0.3) is 0 Å². The number of phenolic OH excluding ortho intramolecular Hbond substituents is 1. The molecule has 0 spiro atoms. The highest BCUT2D eigenvalue weighted by Gasteiger charge is 2.31. The standard InChI is InChI=1S/C16H14N8O2/c1-26-7-2-3-8(10(25)4-7)13-11-12(19)9(5-17)14(20)23-15(11)24-16(22-13)21-6-18/h2-4,13,25H,1H3,(H6,19,20,21,22,23,24). The number of nitrogen functional groups attached to an aromatic ring is 2. The van der Waals surface area contributed by atoms with Gasteiger partial charge in [-0.05, 0) is 12.1 Å². The minimum atomic E-state index is -0.812. The van der Waals surface area contributed by atoms with Gasteiger partial charge in [0.05, 0.1) is 12.8 Å². The number of aliphatic imine (C=N–C) groups is 1. The fraction of sp³-hybridized carbons (Fsp3) is 0.125. The summed E-state index contributed by atoms with van der Waals surface area (Å²) in [6.07, 6.45) is 1.76. The van der Waals surface area contributed by atoms with Crippen molar-refractivity contribution < 1.29 is 9.84 Å². The van der Waals surface area contributed by atoms with Crippen molar-refractivity contribution in [3.05, 3.63) is 34.9 Å². The van der Waals surface area contributed by atoms with Gasteiger partial charge in [0.1, 0.15) is 40.8 Å². The third-order valence-electron chi connectivity index (χ3n) is 3.89. The molecule has 26 heavy (non-hydrogen) atoms. The van der Waals surface area contributed by atoms with Crippen molar-refractivity contribution >= 4 is 23.3 Å². The van der Waals surface area contributed by atoms with E-state index in [9.17, 15) is 10.4 Å². The largest absolute Gasteiger partial charge is 0.507 e. The number of aromatic hydroxyl groups is 1. The van der Waals surface area contributed by atoms with E-state index < -0.39 is 6.04 Å². The summed E-state index contributed by atoms with van der Waals surface area (Å²) in [7, 11) is 1.48. The van der Waals surface area contributed by atoms with E-state index in [1.54, 1.807) is 18.3 Å². The molecular formula is C16H14N8O2. The van der Waals surface area contributed by atoms with Gasteiger partial charge >= 0.3 is 0 Å². The third-order valence-corrected chi connectivity index (χ3v) is 3.89. The number of nitrogens with two attached hydrogens (primary N) is 2. The summed E-state index contributed by atoms with van der Waals surface area (Å²) in [4.78, 5) is 8.51. The van der Waals surface area contributed by atoms with E-state index in [-0.39, 0.29) is 34.6 Å². The van der Waals surface area contributed by atoms with Gasteiger partial charge in [-0.1, -0.05) is 0 Å². The summed E-state index contributed by atoms with van der Waals surface area (Å²) in [6.45, 7) is 0. The summed E-state index contributed by atoms with van der Waals surface area (Å²) in [6, 6.07) is 5.79. The van der Waals surface area contributed by atoms with Crippen LogP contribution in [0.5, 0.6) is 11.5 Å². The molecule has 1 atom stereocenters. The average molecular weight is 350 g/mol. The summed E-state index contributed by atoms with van der Waals surface area (Å²) in [5.41, 5.74) is 12.8. The average Bonchev–Trinajstić information content (AvgIpc) is 2.61. The molecule has 1 aromatic carbocycles. The van der Waals surface area contributed by atoms with Gasteiger partial charge in [-0.15, -0.1) is 0 Å². The quantitative estimate of drug-likeness (QED) is 0.386. The van der Waals surface area contributed by atoms with Crippen LogP contribution < -0.4 is 26.8 Å². The van der Waals surface area contributed by atoms with Crippen LogP contribution in [-0.2, 0) is 0 Å². The van der Waals surface area contributed by atoms with Crippen molar-refractivity contribution in [3.63, 3.8) is 0 Å². The van der Waals surface area contributed by atoms with Gasteiger partial charge in [0, 0.05) is 17.2 Å². The normalized spacial score (nSPS) is 14.9. The van der Waals surface area contributed by atoms with Crippen LogP contribution in [0.4, 0.5) is 17.3 Å². The first-order valence-corrected chi connectivity index (χ1v) is 7.35. The van der Waals surface area contributed by atoms with Crippen LogP contribution in [0.15, 0.2) is 23.2 Å². The maximum absolute atomic E-state index is 10.4. The molecule has 0 saturated carbocycles. The number of benzene rings is 1. The van der Waals surface area contributed by atoms with E-state index in [2.05, 4.69) is 20.6 Å². The number of nitrogens with one attached hydrogen (secondary N) is 2. The maximum Gasteiger partial charge on any atom is 0.211 e. The van der Waals surface area contributed by atoms with Gasteiger partial charge in [0.2, 0.25) is 5.96 Å². The molecule has 10 heteroatoms. The van der Waals surface area contributed by atoms with Crippen LogP contribution in [0.2, 0.25) is 0 Å². The third kappa shape index (κ3) is 2.61. The number of pyridine rings is 1. The van der Waals surface area contributed by atoms with Crippen molar-refractivity contribution in [3.8, 4) is 23.8 Å². The summed E-state index contributed by atoms with van der Waals surface area (Å²) < 4.78 is 5.08. The van der Waals surface area contributed by atoms with Crippen molar-refractivity contribution in [2.45, 2.75) is 6.04 Å². The second-order valence-corrected chi connectivity index (χ2v) is 5.33. The van der Waals surface area contributed by atoms with Crippen LogP contribution in [0.3, 0.4) is 0 Å². The van der Waals surface area contributed by atoms with Crippen LogP contribution in [0.1, 0.15) is 22.7 Å². The van der Waals surface area contributed by atoms with E-state index >= 15 is 0 Å². The van der Waals surface area contributed by atoms with Gasteiger partial charge in [-0.3, -0.25) is 5.32 Å². The zero-order valence-electron chi connectivity index (χ0n) is 13.6. The highest BCUT2D eigenvalue weighted by Crippen LogP contribution is 2.43. The highest BCUT2D eigenvalue weighted by molar-refractivity contribution is 5.98. The van der Waals surface area contributed by atoms with E-state index in [1.807, 2.05) is 6.07 Å². The second kappa shape index (κ2) is 6.37. The molecule has 2 aromatic rings. The maximum atomic E-state index is 10.4. The lowest BCUT2D eigenvalue weighted by atomic mass is 9.94. The molecule has 7 N–H and O–H groups in total. The molecular weight excluding hydrogens is 336 g/mol. The first kappa shape index (κ1) is 16.7. The number of fused-ring (bicyclic) bond motifs is 1. The number of ether oxygens (including phenoxy) is 1. The molecule has 10 nitrogen and oxygen atoms in total. The Labute approximate surface area is 148 Å². The number of guanidine groups is 1. The minimum Gasteiger partial charge on any atom is -0.507 e. The van der Waals surface area contributed by atoms with Crippen LogP contribution in [0, 0.1) is 22.8 Å². The fourth-order valence-electron chi connectivity index (χ4n) is 2.69. The molecule has 1 unspecified atom stereocenters. The number of hydrogen-bond donors (Lipinski definition) is 5. The van der Waals surface area contributed by atoms with E-state index in [4.69, 9.17) is 21.5 Å². The monoisotopic (exact) mass is 350 g/mol. The Hall–Kier alpha value is -4.18. The number of methoxy groups -OCH3 is 1. The molecule has 130 valence electrons. The molecule has 0 amide bonds. The van der Waals surface area contributed by atoms with E-state index in [0.717, 1.165) is 0 Å². The van der Waals surface area contributed by atoms with Gasteiger partial charge in [-0.25, -0.2) is 9.98 Å². The molecule has 0 bridgehead atoms. The van der Waals surface area contributed by atoms with E-state index in [1.165, 1.54) is 13.2 Å². The molecule has 3 rings (SSSR count). The van der Waals surface area contributed by atoms with Gasteiger partial charge in [0.15, 0.2) is 6.19 Å². The van der Waals surface area contributed by atoms with Crippen molar-refractivity contribution in [1.29, 1.82) is 10.5 Å². The lowest BCUT2D eigenvalue weighted by molar-refractivity contribution is 0.406. The molecule has 1 aliphatic rings. The number of hydrogen-bond acceptors (Lipinski definition) is 10. The second-order valence-electron chi connectivity index (χ2n) is 5.33. The Morgan fingerprint density at radius 1 is 1.35 bits per heavy atom. The molecule has 0 saturated heterocycles. The van der Waals surface area contributed by atoms with E-state index in [0.29, 0.717) is 16.9 Å². The predicted molar refractivity (Wildman–Crippen MR) is 94.1 cm³/mol. The van der Waals surface area contributed by atoms with Gasteiger partial charge in [0.25, 0.3) is 0 Å². The molecule has 0 radical (unpaired) electrons. The molecule has 1 aromatic heterocycles. The number of anilines is 3. The summed E-state index contributed by atoms with van der Waals surface area (Å²) >= 11 is 0. The summed E-state index contributed by atoms with van der Waals surface area (Å²) in [5, 5.41) is 33.7. The lowest BCUT2D eigenvalue weighted by Gasteiger charge is -2.26. The smallest absolute Gasteiger partial charge is 0.211 e. The first-order chi connectivity index (χ1) is 12.5. The van der Waals surface area contributed by atoms with Crippen LogP contribution in [-0.4, -0.2) is 23.2 Å². The first-order valence-electron chi connectivity index (χ1n) is 7.35. The number of nitriles is 2. The number of phenols is 1.